The number of carbonyl (C=O) groups excluding carboxylic acids is 1. The SMILES string of the molecule is O=C(N[C@H](CCCNC1CCCc2cccnc21)C(=O)O)c1ccc(CNCc2ncc[nH]2)cc1. The van der Waals surface area contributed by atoms with E-state index in [0.717, 1.165) is 36.3 Å². The third-order valence-electron chi connectivity index (χ3n) is 6.25. The molecule has 0 aliphatic heterocycles. The lowest BCUT2D eigenvalue weighted by molar-refractivity contribution is -0.139. The molecular formula is C26H32N6O3. The number of hydrogen-bond donors (Lipinski definition) is 5. The summed E-state index contributed by atoms with van der Waals surface area (Å²) in [7, 11) is 0. The molecule has 3 aromatic rings. The first-order chi connectivity index (χ1) is 17.1. The highest BCUT2D eigenvalue weighted by Gasteiger charge is 2.22. The zero-order chi connectivity index (χ0) is 24.5. The molecule has 5 N–H and O–H groups in total. The molecule has 0 fully saturated rings. The molecule has 0 radical (unpaired) electrons. The maximum Gasteiger partial charge on any atom is 0.326 e. The van der Waals surface area contributed by atoms with E-state index in [1.165, 1.54) is 5.56 Å². The number of fused-ring (bicyclic) bond motifs is 1. The van der Waals surface area contributed by atoms with E-state index in [1.807, 2.05) is 24.4 Å². The minimum Gasteiger partial charge on any atom is -0.480 e. The van der Waals surface area contributed by atoms with Crippen LogP contribution < -0.4 is 16.0 Å². The van der Waals surface area contributed by atoms with Crippen molar-refractivity contribution in [2.24, 2.45) is 0 Å². The highest BCUT2D eigenvalue weighted by Crippen LogP contribution is 2.27. The number of imidazole rings is 1. The maximum atomic E-state index is 12.6. The number of pyridine rings is 1. The van der Waals surface area contributed by atoms with Crippen LogP contribution >= 0.6 is 0 Å². The first-order valence-corrected chi connectivity index (χ1v) is 12.1. The minimum absolute atomic E-state index is 0.199. The van der Waals surface area contributed by atoms with Crippen LogP contribution in [0.3, 0.4) is 0 Å². The van der Waals surface area contributed by atoms with E-state index in [0.29, 0.717) is 38.0 Å². The number of nitrogens with one attached hydrogen (secondary N) is 4. The third-order valence-corrected chi connectivity index (χ3v) is 6.25. The molecule has 35 heavy (non-hydrogen) atoms. The van der Waals surface area contributed by atoms with Crippen molar-refractivity contribution in [1.82, 2.24) is 30.9 Å². The van der Waals surface area contributed by atoms with Gasteiger partial charge in [0.1, 0.15) is 11.9 Å². The van der Waals surface area contributed by atoms with Crippen molar-refractivity contribution in [2.45, 2.75) is 57.3 Å². The van der Waals surface area contributed by atoms with Gasteiger partial charge >= 0.3 is 5.97 Å². The lowest BCUT2D eigenvalue weighted by Crippen LogP contribution is -2.41. The molecule has 1 amide bonds. The fourth-order valence-electron chi connectivity index (χ4n) is 4.38. The monoisotopic (exact) mass is 476 g/mol. The Bertz CT molecular complexity index is 1100. The lowest BCUT2D eigenvalue weighted by atomic mass is 9.92. The number of aliphatic carboxylic acids is 1. The number of carboxylic acid groups (broad SMARTS) is 1. The zero-order valence-corrected chi connectivity index (χ0v) is 19.7. The molecule has 0 saturated carbocycles. The van der Waals surface area contributed by atoms with E-state index in [9.17, 15) is 14.7 Å². The molecule has 9 heteroatoms. The summed E-state index contributed by atoms with van der Waals surface area (Å²) in [5, 5.41) is 19.1. The Morgan fingerprint density at radius 3 is 2.74 bits per heavy atom. The second kappa shape index (κ2) is 12.2. The Morgan fingerprint density at radius 2 is 1.97 bits per heavy atom. The van der Waals surface area contributed by atoms with Gasteiger partial charge in [-0.25, -0.2) is 9.78 Å². The van der Waals surface area contributed by atoms with Crippen molar-refractivity contribution >= 4 is 11.9 Å². The number of nitrogens with zero attached hydrogens (tertiary/aromatic N) is 2. The minimum atomic E-state index is -1.03. The van der Waals surface area contributed by atoms with Gasteiger partial charge in [-0.1, -0.05) is 18.2 Å². The molecular weight excluding hydrogens is 444 g/mol. The van der Waals surface area contributed by atoms with Crippen LogP contribution in [0.25, 0.3) is 0 Å². The number of amides is 1. The average molecular weight is 477 g/mol. The number of hydrogen-bond acceptors (Lipinski definition) is 6. The van der Waals surface area contributed by atoms with Gasteiger partial charge in [0.05, 0.1) is 12.2 Å². The van der Waals surface area contributed by atoms with E-state index in [1.54, 1.807) is 24.5 Å². The molecule has 1 aliphatic carbocycles. The Balaban J connectivity index is 1.21. The molecule has 184 valence electrons. The summed E-state index contributed by atoms with van der Waals surface area (Å²) in [5.41, 5.74) is 3.84. The highest BCUT2D eigenvalue weighted by atomic mass is 16.4. The first-order valence-electron chi connectivity index (χ1n) is 12.1. The van der Waals surface area contributed by atoms with Gasteiger partial charge in [0.25, 0.3) is 5.91 Å². The number of H-pyrrole nitrogens is 1. The predicted molar refractivity (Wildman–Crippen MR) is 132 cm³/mol. The number of rotatable bonds is 12. The van der Waals surface area contributed by atoms with Crippen LogP contribution in [0, 0.1) is 0 Å². The smallest absolute Gasteiger partial charge is 0.326 e. The van der Waals surface area contributed by atoms with E-state index < -0.39 is 12.0 Å². The van der Waals surface area contributed by atoms with E-state index in [4.69, 9.17) is 0 Å². The first kappa shape index (κ1) is 24.6. The quantitative estimate of drug-likeness (QED) is 0.254. The highest BCUT2D eigenvalue weighted by molar-refractivity contribution is 5.96. The molecule has 0 spiro atoms. The Morgan fingerprint density at radius 1 is 1.11 bits per heavy atom. The van der Waals surface area contributed by atoms with E-state index >= 15 is 0 Å². The van der Waals surface area contributed by atoms with Gasteiger partial charge in [0.15, 0.2) is 0 Å². The average Bonchev–Trinajstić information content (AvgIpc) is 3.39. The molecule has 0 saturated heterocycles. The molecule has 9 nitrogen and oxygen atoms in total. The number of carbonyl (C=O) groups is 2. The van der Waals surface area contributed by atoms with Crippen LogP contribution in [-0.2, 0) is 24.3 Å². The zero-order valence-electron chi connectivity index (χ0n) is 19.7. The molecule has 1 unspecified atom stereocenters. The summed E-state index contributed by atoms with van der Waals surface area (Å²) >= 11 is 0. The molecule has 2 heterocycles. The van der Waals surface area contributed by atoms with Crippen molar-refractivity contribution in [3.05, 3.63) is 83.2 Å². The Labute approximate surface area is 204 Å². The predicted octanol–water partition coefficient (Wildman–Crippen LogP) is 2.72. The van der Waals surface area contributed by atoms with Crippen LogP contribution in [0.2, 0.25) is 0 Å². The van der Waals surface area contributed by atoms with Gasteiger partial charge in [-0.15, -0.1) is 0 Å². The van der Waals surface area contributed by atoms with Crippen molar-refractivity contribution in [3.63, 3.8) is 0 Å². The summed E-state index contributed by atoms with van der Waals surface area (Å²) in [6, 6.07) is 10.5. The summed E-state index contributed by atoms with van der Waals surface area (Å²) in [5.74, 6) is -0.552. The summed E-state index contributed by atoms with van der Waals surface area (Å²) in [4.78, 5) is 36.1. The fraction of sp³-hybridized carbons (Fsp3) is 0.385. The number of aromatic amines is 1. The van der Waals surface area contributed by atoms with Crippen molar-refractivity contribution in [3.8, 4) is 0 Å². The summed E-state index contributed by atoms with van der Waals surface area (Å²) < 4.78 is 0. The maximum absolute atomic E-state index is 12.6. The Kier molecular flexibility index (Phi) is 8.58. The normalized spacial score (nSPS) is 15.8. The van der Waals surface area contributed by atoms with Crippen LogP contribution in [0.5, 0.6) is 0 Å². The standard InChI is InChI=1S/C26H32N6O3/c33-25(20-10-8-18(9-11-20)16-27-17-23-29-14-15-30-23)32-22(26(34)35)7-3-12-28-21-6-1-4-19-5-2-13-31-24(19)21/h2,5,8-11,13-15,21-22,27-28H,1,3-4,6-7,12,16-17H2,(H,29,30)(H,32,33)(H,34,35)/t21?,22-/m1/s1. The van der Waals surface area contributed by atoms with E-state index in [-0.39, 0.29) is 11.9 Å². The van der Waals surface area contributed by atoms with Crippen molar-refractivity contribution in [1.29, 1.82) is 0 Å². The third kappa shape index (κ3) is 6.97. The van der Waals surface area contributed by atoms with Gasteiger partial charge in [0.2, 0.25) is 0 Å². The van der Waals surface area contributed by atoms with Crippen molar-refractivity contribution in [2.75, 3.05) is 6.54 Å². The summed E-state index contributed by atoms with van der Waals surface area (Å²) in [6.07, 6.45) is 9.48. The molecule has 4 rings (SSSR count). The van der Waals surface area contributed by atoms with Crippen molar-refractivity contribution < 1.29 is 14.7 Å². The van der Waals surface area contributed by atoms with E-state index in [2.05, 4.69) is 37.0 Å². The molecule has 2 atom stereocenters. The number of aryl methyl sites for hydroxylation is 1. The van der Waals surface area contributed by atoms with Gasteiger partial charge < -0.3 is 26.0 Å². The number of benzene rings is 1. The molecule has 0 bridgehead atoms. The van der Waals surface area contributed by atoms with Gasteiger partial charge in [-0.2, -0.15) is 0 Å². The molecule has 1 aromatic carbocycles. The number of carboxylic acids is 1. The summed E-state index contributed by atoms with van der Waals surface area (Å²) in [6.45, 7) is 1.92. The second-order valence-electron chi connectivity index (χ2n) is 8.79. The Hall–Kier alpha value is -3.56. The molecule has 2 aromatic heterocycles. The number of aromatic nitrogens is 3. The largest absolute Gasteiger partial charge is 0.480 e. The van der Waals surface area contributed by atoms with Crippen LogP contribution in [-0.4, -0.2) is 44.5 Å². The lowest BCUT2D eigenvalue weighted by Gasteiger charge is -2.25. The van der Waals surface area contributed by atoms with Gasteiger partial charge in [0, 0.05) is 36.7 Å². The van der Waals surface area contributed by atoms with Crippen LogP contribution in [0.15, 0.2) is 55.0 Å². The van der Waals surface area contributed by atoms with Gasteiger partial charge in [-0.3, -0.25) is 9.78 Å². The van der Waals surface area contributed by atoms with Crippen LogP contribution in [0.1, 0.15) is 64.7 Å². The topological polar surface area (TPSA) is 132 Å². The fourth-order valence-corrected chi connectivity index (χ4v) is 4.38. The van der Waals surface area contributed by atoms with Crippen LogP contribution in [0.4, 0.5) is 0 Å². The molecule has 1 aliphatic rings. The second-order valence-corrected chi connectivity index (χ2v) is 8.79. The van der Waals surface area contributed by atoms with Gasteiger partial charge in [-0.05, 0) is 68.0 Å².